The molecule has 0 fully saturated rings. The smallest absolute Gasteiger partial charge is 0.272 e. The van der Waals surface area contributed by atoms with Crippen LogP contribution in [0.2, 0.25) is 0 Å². The molecule has 0 saturated heterocycles. The van der Waals surface area contributed by atoms with Crippen LogP contribution in [0.25, 0.3) is 11.3 Å². The normalized spacial score (nSPS) is 10.7. The number of H-pyrrole nitrogens is 1. The maximum absolute atomic E-state index is 12.8. The second-order valence-corrected chi connectivity index (χ2v) is 6.04. The second-order valence-electron chi connectivity index (χ2n) is 5.26. The van der Waals surface area contributed by atoms with E-state index in [4.69, 9.17) is 0 Å². The molecule has 0 aliphatic rings. The van der Waals surface area contributed by atoms with Crippen molar-refractivity contribution in [3.05, 3.63) is 58.7 Å². The quantitative estimate of drug-likeness (QED) is 0.753. The Hall–Kier alpha value is -2.47. The van der Waals surface area contributed by atoms with Crippen LogP contribution in [-0.2, 0) is 6.54 Å². The van der Waals surface area contributed by atoms with E-state index in [2.05, 4.69) is 33.6 Å². The van der Waals surface area contributed by atoms with E-state index in [9.17, 15) is 4.79 Å². The second kappa shape index (κ2) is 7.19. The minimum Gasteiger partial charge on any atom is -0.333 e. The molecule has 0 saturated carbocycles. The highest BCUT2D eigenvalue weighted by Crippen LogP contribution is 2.18. The number of carbonyl (C=O) groups is 1. The van der Waals surface area contributed by atoms with Gasteiger partial charge in [0.25, 0.3) is 5.91 Å². The van der Waals surface area contributed by atoms with Gasteiger partial charge in [0.2, 0.25) is 0 Å². The minimum atomic E-state index is -0.0224. The number of carbonyl (C=O) groups excluding carboxylic acids is 1. The Labute approximate surface area is 139 Å². The molecule has 1 amide bonds. The van der Waals surface area contributed by atoms with Crippen LogP contribution in [0.15, 0.2) is 47.4 Å². The number of amides is 1. The predicted molar refractivity (Wildman–Crippen MR) is 91.2 cm³/mol. The van der Waals surface area contributed by atoms with Crippen molar-refractivity contribution in [1.29, 1.82) is 0 Å². The topological polar surface area (TPSA) is 61.9 Å². The fraction of sp³-hybridized carbons (Fsp3) is 0.235. The van der Waals surface area contributed by atoms with Crippen LogP contribution < -0.4 is 0 Å². The summed E-state index contributed by atoms with van der Waals surface area (Å²) >= 11 is 1.64. The van der Waals surface area contributed by atoms with E-state index in [-0.39, 0.29) is 5.91 Å². The maximum Gasteiger partial charge on any atom is 0.272 e. The van der Waals surface area contributed by atoms with Gasteiger partial charge in [-0.1, -0.05) is 6.92 Å². The number of pyridine rings is 1. The largest absolute Gasteiger partial charge is 0.333 e. The molecule has 0 spiro atoms. The lowest BCUT2D eigenvalue weighted by Gasteiger charge is -2.20. The first-order valence-corrected chi connectivity index (χ1v) is 8.48. The Balaban J connectivity index is 1.79. The summed E-state index contributed by atoms with van der Waals surface area (Å²) in [5.74, 6) is -0.0224. The molecule has 1 N–H and O–H groups in total. The van der Waals surface area contributed by atoms with Gasteiger partial charge in [-0.2, -0.15) is 16.4 Å². The summed E-state index contributed by atoms with van der Waals surface area (Å²) in [6.45, 7) is 3.42. The molecule has 23 heavy (non-hydrogen) atoms. The number of hydrogen-bond acceptors (Lipinski definition) is 4. The van der Waals surface area contributed by atoms with E-state index in [0.717, 1.165) is 29.8 Å². The van der Waals surface area contributed by atoms with Gasteiger partial charge in [0.05, 0.1) is 5.69 Å². The van der Waals surface area contributed by atoms with Crippen molar-refractivity contribution < 1.29 is 4.79 Å². The third-order valence-electron chi connectivity index (χ3n) is 3.52. The number of thiophene rings is 1. The molecule has 0 aliphatic heterocycles. The van der Waals surface area contributed by atoms with Gasteiger partial charge in [-0.25, -0.2) is 0 Å². The van der Waals surface area contributed by atoms with E-state index in [1.165, 1.54) is 0 Å². The van der Waals surface area contributed by atoms with Crippen molar-refractivity contribution in [2.45, 2.75) is 19.9 Å². The first kappa shape index (κ1) is 15.4. The van der Waals surface area contributed by atoms with Gasteiger partial charge in [0, 0.05) is 31.0 Å². The minimum absolute atomic E-state index is 0.0224. The van der Waals surface area contributed by atoms with Gasteiger partial charge < -0.3 is 4.90 Å². The van der Waals surface area contributed by atoms with Crippen molar-refractivity contribution in [3.8, 4) is 11.3 Å². The molecule has 3 aromatic heterocycles. The Morgan fingerprint density at radius 2 is 2.13 bits per heavy atom. The number of nitrogens with one attached hydrogen (secondary N) is 1. The zero-order valence-corrected chi connectivity index (χ0v) is 13.7. The number of aromatic amines is 1. The first-order chi connectivity index (χ1) is 11.3. The Morgan fingerprint density at radius 1 is 1.30 bits per heavy atom. The Kier molecular flexibility index (Phi) is 4.83. The number of hydrogen-bond donors (Lipinski definition) is 1. The predicted octanol–water partition coefficient (Wildman–Crippen LogP) is 3.59. The molecule has 3 rings (SSSR count). The fourth-order valence-corrected chi connectivity index (χ4v) is 3.06. The molecule has 6 heteroatoms. The van der Waals surface area contributed by atoms with Gasteiger partial charge >= 0.3 is 0 Å². The third kappa shape index (κ3) is 3.65. The molecule has 0 aromatic carbocycles. The summed E-state index contributed by atoms with van der Waals surface area (Å²) in [4.78, 5) is 18.6. The van der Waals surface area contributed by atoms with Crippen LogP contribution in [0.5, 0.6) is 0 Å². The van der Waals surface area contributed by atoms with Crippen LogP contribution in [0, 0.1) is 0 Å². The number of rotatable bonds is 6. The first-order valence-electron chi connectivity index (χ1n) is 7.54. The lowest BCUT2D eigenvalue weighted by Crippen LogP contribution is -2.31. The van der Waals surface area contributed by atoms with E-state index in [1.807, 2.05) is 22.4 Å². The molecule has 5 nitrogen and oxygen atoms in total. The average Bonchev–Trinajstić information content (AvgIpc) is 3.26. The molecule has 0 unspecified atom stereocenters. The van der Waals surface area contributed by atoms with Crippen molar-refractivity contribution in [1.82, 2.24) is 20.1 Å². The number of nitrogens with zero attached hydrogens (tertiary/aromatic N) is 3. The van der Waals surface area contributed by atoms with Gasteiger partial charge in [-0.15, -0.1) is 0 Å². The van der Waals surface area contributed by atoms with Gasteiger partial charge in [-0.05, 0) is 47.0 Å². The van der Waals surface area contributed by atoms with E-state index < -0.39 is 0 Å². The summed E-state index contributed by atoms with van der Waals surface area (Å²) in [5, 5.41) is 11.2. The van der Waals surface area contributed by atoms with Crippen molar-refractivity contribution in [2.24, 2.45) is 0 Å². The molecule has 0 aliphatic carbocycles. The van der Waals surface area contributed by atoms with Crippen molar-refractivity contribution in [2.75, 3.05) is 6.54 Å². The van der Waals surface area contributed by atoms with Gasteiger partial charge in [0.1, 0.15) is 5.69 Å². The average molecular weight is 326 g/mol. The highest BCUT2D eigenvalue weighted by atomic mass is 32.1. The highest BCUT2D eigenvalue weighted by Gasteiger charge is 2.18. The molecule has 118 valence electrons. The van der Waals surface area contributed by atoms with Crippen LogP contribution in [0.3, 0.4) is 0 Å². The van der Waals surface area contributed by atoms with Crippen molar-refractivity contribution >= 4 is 17.2 Å². The van der Waals surface area contributed by atoms with Crippen LogP contribution in [0.4, 0.5) is 0 Å². The molecule has 0 radical (unpaired) electrons. The summed E-state index contributed by atoms with van der Waals surface area (Å²) in [7, 11) is 0. The Bertz CT molecular complexity index is 752. The molecule has 3 heterocycles. The van der Waals surface area contributed by atoms with Crippen LogP contribution in [-0.4, -0.2) is 32.5 Å². The van der Waals surface area contributed by atoms with E-state index in [0.29, 0.717) is 12.2 Å². The Morgan fingerprint density at radius 3 is 2.83 bits per heavy atom. The molecule has 0 atom stereocenters. The van der Waals surface area contributed by atoms with Crippen molar-refractivity contribution in [3.63, 3.8) is 0 Å². The van der Waals surface area contributed by atoms with E-state index in [1.54, 1.807) is 29.8 Å². The zero-order valence-electron chi connectivity index (χ0n) is 12.9. The lowest BCUT2D eigenvalue weighted by molar-refractivity contribution is 0.0737. The fourth-order valence-electron chi connectivity index (χ4n) is 2.40. The summed E-state index contributed by atoms with van der Waals surface area (Å²) in [5.41, 5.74) is 3.36. The monoisotopic (exact) mass is 326 g/mol. The highest BCUT2D eigenvalue weighted by molar-refractivity contribution is 7.07. The van der Waals surface area contributed by atoms with E-state index >= 15 is 0 Å². The maximum atomic E-state index is 12.8. The number of aromatic nitrogens is 3. The molecular formula is C17H18N4OS. The van der Waals surface area contributed by atoms with Crippen LogP contribution >= 0.6 is 11.3 Å². The summed E-state index contributed by atoms with van der Waals surface area (Å²) in [6, 6.07) is 7.60. The zero-order chi connectivity index (χ0) is 16.1. The molecule has 3 aromatic rings. The summed E-state index contributed by atoms with van der Waals surface area (Å²) < 4.78 is 0. The standard InChI is InChI=1S/C17H18N4OS/c1-2-8-21(11-13-5-9-23-12-13)17(22)16-10-15(19-20-16)14-3-6-18-7-4-14/h3-7,9-10,12H,2,8,11H2,1H3,(H,19,20). The lowest BCUT2D eigenvalue weighted by atomic mass is 10.2. The summed E-state index contributed by atoms with van der Waals surface area (Å²) in [6.07, 6.45) is 4.35. The molecule has 0 bridgehead atoms. The third-order valence-corrected chi connectivity index (χ3v) is 4.25. The molecular weight excluding hydrogens is 308 g/mol. The van der Waals surface area contributed by atoms with Gasteiger partial charge in [-0.3, -0.25) is 14.9 Å². The van der Waals surface area contributed by atoms with Gasteiger partial charge in [0.15, 0.2) is 0 Å². The SMILES string of the molecule is CCCN(Cc1ccsc1)C(=O)c1cc(-c2ccncc2)n[nH]1. The van der Waals surface area contributed by atoms with Crippen LogP contribution in [0.1, 0.15) is 29.4 Å².